The maximum Gasteiger partial charge on any atom is 0.223 e. The Morgan fingerprint density at radius 2 is 2.00 bits per heavy atom. The van der Waals surface area contributed by atoms with Crippen molar-refractivity contribution in [3.8, 4) is 0 Å². The van der Waals surface area contributed by atoms with E-state index >= 15 is 0 Å². The van der Waals surface area contributed by atoms with E-state index in [1.54, 1.807) is 26.1 Å². The quantitative estimate of drug-likeness (QED) is 0.679. The first kappa shape index (κ1) is 15.4. The highest BCUT2D eigenvalue weighted by Gasteiger charge is 2.13. The van der Waals surface area contributed by atoms with Gasteiger partial charge in [0.15, 0.2) is 0 Å². The molecule has 0 aromatic carbocycles. The molecule has 16 heavy (non-hydrogen) atoms. The SMILES string of the molecule is COCCC(NCCC(=O)N(C)C)C(C)C. The smallest absolute Gasteiger partial charge is 0.223 e. The van der Waals surface area contributed by atoms with Crippen molar-refractivity contribution in [3.63, 3.8) is 0 Å². The van der Waals surface area contributed by atoms with Crippen LogP contribution in [0.2, 0.25) is 0 Å². The molecule has 1 amide bonds. The lowest BCUT2D eigenvalue weighted by Crippen LogP contribution is -2.37. The summed E-state index contributed by atoms with van der Waals surface area (Å²) in [5.74, 6) is 0.728. The van der Waals surface area contributed by atoms with Gasteiger partial charge in [0.25, 0.3) is 0 Å². The molecule has 0 fully saturated rings. The van der Waals surface area contributed by atoms with E-state index in [-0.39, 0.29) is 5.91 Å². The van der Waals surface area contributed by atoms with E-state index < -0.39 is 0 Å². The largest absolute Gasteiger partial charge is 0.385 e. The summed E-state index contributed by atoms with van der Waals surface area (Å²) in [6.07, 6.45) is 1.55. The van der Waals surface area contributed by atoms with E-state index in [1.807, 2.05) is 0 Å². The number of carbonyl (C=O) groups is 1. The van der Waals surface area contributed by atoms with Gasteiger partial charge in [-0.1, -0.05) is 13.8 Å². The number of carbonyl (C=O) groups excluding carboxylic acids is 1. The van der Waals surface area contributed by atoms with Crippen LogP contribution < -0.4 is 5.32 Å². The molecular weight excluding hydrogens is 204 g/mol. The second-order valence-corrected chi connectivity index (χ2v) is 4.62. The van der Waals surface area contributed by atoms with Crippen LogP contribution in [-0.2, 0) is 9.53 Å². The summed E-state index contributed by atoms with van der Waals surface area (Å²) in [5, 5.41) is 3.41. The first-order chi connectivity index (χ1) is 7.49. The van der Waals surface area contributed by atoms with E-state index in [2.05, 4.69) is 19.2 Å². The molecule has 0 aliphatic rings. The van der Waals surface area contributed by atoms with Crippen molar-refractivity contribution in [1.82, 2.24) is 10.2 Å². The van der Waals surface area contributed by atoms with Crippen LogP contribution in [0.15, 0.2) is 0 Å². The van der Waals surface area contributed by atoms with Crippen LogP contribution >= 0.6 is 0 Å². The van der Waals surface area contributed by atoms with Crippen molar-refractivity contribution in [2.24, 2.45) is 5.92 Å². The second-order valence-electron chi connectivity index (χ2n) is 4.62. The van der Waals surface area contributed by atoms with E-state index in [4.69, 9.17) is 4.74 Å². The number of hydrogen-bond donors (Lipinski definition) is 1. The summed E-state index contributed by atoms with van der Waals surface area (Å²) in [6, 6.07) is 0.426. The molecule has 1 atom stereocenters. The minimum absolute atomic E-state index is 0.168. The summed E-state index contributed by atoms with van der Waals surface area (Å²) in [6.45, 7) is 5.86. The van der Waals surface area contributed by atoms with E-state index in [9.17, 15) is 4.79 Å². The summed E-state index contributed by atoms with van der Waals surface area (Å²) < 4.78 is 5.07. The Hall–Kier alpha value is -0.610. The normalized spacial score (nSPS) is 12.9. The van der Waals surface area contributed by atoms with Crippen LogP contribution in [-0.4, -0.2) is 51.2 Å². The van der Waals surface area contributed by atoms with Gasteiger partial charge in [-0.3, -0.25) is 4.79 Å². The molecule has 0 heterocycles. The Balaban J connectivity index is 3.80. The molecule has 1 unspecified atom stereocenters. The molecule has 0 radical (unpaired) electrons. The molecule has 0 aromatic rings. The fourth-order valence-electron chi connectivity index (χ4n) is 1.50. The number of nitrogens with one attached hydrogen (secondary N) is 1. The van der Waals surface area contributed by atoms with Gasteiger partial charge in [0.2, 0.25) is 5.91 Å². The van der Waals surface area contributed by atoms with Crippen molar-refractivity contribution in [2.75, 3.05) is 34.4 Å². The Labute approximate surface area is 99.3 Å². The molecule has 4 heteroatoms. The molecule has 0 rings (SSSR count). The topological polar surface area (TPSA) is 41.6 Å². The van der Waals surface area contributed by atoms with Gasteiger partial charge in [-0.15, -0.1) is 0 Å². The number of rotatable bonds is 8. The lowest BCUT2D eigenvalue weighted by Gasteiger charge is -2.22. The van der Waals surface area contributed by atoms with Crippen molar-refractivity contribution >= 4 is 5.91 Å². The van der Waals surface area contributed by atoms with Crippen molar-refractivity contribution in [2.45, 2.75) is 32.7 Å². The number of hydrogen-bond acceptors (Lipinski definition) is 3. The van der Waals surface area contributed by atoms with Crippen LogP contribution in [0.5, 0.6) is 0 Å². The zero-order chi connectivity index (χ0) is 12.6. The number of nitrogens with zero attached hydrogens (tertiary/aromatic N) is 1. The van der Waals surface area contributed by atoms with Crippen molar-refractivity contribution < 1.29 is 9.53 Å². The third-order valence-corrected chi connectivity index (χ3v) is 2.68. The molecule has 1 N–H and O–H groups in total. The van der Waals surface area contributed by atoms with Crippen LogP contribution in [0.3, 0.4) is 0 Å². The third kappa shape index (κ3) is 6.80. The first-order valence-electron chi connectivity index (χ1n) is 5.91. The minimum atomic E-state index is 0.168. The van der Waals surface area contributed by atoms with Gasteiger partial charge in [-0.05, 0) is 12.3 Å². The van der Waals surface area contributed by atoms with E-state index in [0.29, 0.717) is 18.4 Å². The highest BCUT2D eigenvalue weighted by molar-refractivity contribution is 5.75. The average molecular weight is 230 g/mol. The summed E-state index contributed by atoms with van der Waals surface area (Å²) in [4.78, 5) is 13.0. The highest BCUT2D eigenvalue weighted by atomic mass is 16.5. The Morgan fingerprint density at radius 1 is 1.38 bits per heavy atom. The third-order valence-electron chi connectivity index (χ3n) is 2.68. The average Bonchev–Trinajstić information content (AvgIpc) is 2.21. The van der Waals surface area contributed by atoms with Crippen LogP contribution in [0.4, 0.5) is 0 Å². The monoisotopic (exact) mass is 230 g/mol. The maximum absolute atomic E-state index is 11.4. The molecule has 0 aliphatic carbocycles. The molecule has 0 bridgehead atoms. The summed E-state index contributed by atoms with van der Waals surface area (Å²) >= 11 is 0. The Bertz CT molecular complexity index is 193. The molecular formula is C12H26N2O2. The van der Waals surface area contributed by atoms with Gasteiger partial charge in [-0.2, -0.15) is 0 Å². The number of ether oxygens (including phenoxy) is 1. The van der Waals surface area contributed by atoms with Gasteiger partial charge in [0.05, 0.1) is 0 Å². The summed E-state index contributed by atoms with van der Waals surface area (Å²) in [7, 11) is 5.29. The maximum atomic E-state index is 11.4. The van der Waals surface area contributed by atoms with Gasteiger partial charge in [0, 0.05) is 46.8 Å². The molecule has 0 spiro atoms. The van der Waals surface area contributed by atoms with Crippen LogP contribution in [0.1, 0.15) is 26.7 Å². The van der Waals surface area contributed by atoms with Gasteiger partial charge >= 0.3 is 0 Å². The zero-order valence-corrected chi connectivity index (χ0v) is 11.2. The minimum Gasteiger partial charge on any atom is -0.385 e. The molecule has 96 valence electrons. The fourth-order valence-corrected chi connectivity index (χ4v) is 1.50. The Morgan fingerprint density at radius 3 is 2.44 bits per heavy atom. The zero-order valence-electron chi connectivity index (χ0n) is 11.2. The Kier molecular flexibility index (Phi) is 8.21. The predicted molar refractivity (Wildman–Crippen MR) is 66.4 cm³/mol. The second kappa shape index (κ2) is 8.53. The first-order valence-corrected chi connectivity index (χ1v) is 5.91. The number of methoxy groups -OCH3 is 1. The molecule has 4 nitrogen and oxygen atoms in total. The molecule has 0 aromatic heterocycles. The fraction of sp³-hybridized carbons (Fsp3) is 0.917. The van der Waals surface area contributed by atoms with Crippen molar-refractivity contribution in [3.05, 3.63) is 0 Å². The lowest BCUT2D eigenvalue weighted by atomic mass is 10.0. The number of amides is 1. The van der Waals surface area contributed by atoms with Crippen LogP contribution in [0.25, 0.3) is 0 Å². The molecule has 0 aliphatic heterocycles. The lowest BCUT2D eigenvalue weighted by molar-refractivity contribution is -0.128. The van der Waals surface area contributed by atoms with Crippen molar-refractivity contribution in [1.29, 1.82) is 0 Å². The van der Waals surface area contributed by atoms with E-state index in [1.165, 1.54) is 0 Å². The summed E-state index contributed by atoms with van der Waals surface area (Å²) in [5.41, 5.74) is 0. The predicted octanol–water partition coefficient (Wildman–Crippen LogP) is 1.12. The van der Waals surface area contributed by atoms with Crippen LogP contribution in [0, 0.1) is 5.92 Å². The van der Waals surface area contributed by atoms with E-state index in [0.717, 1.165) is 19.6 Å². The highest BCUT2D eigenvalue weighted by Crippen LogP contribution is 2.06. The van der Waals surface area contributed by atoms with Gasteiger partial charge < -0.3 is 15.0 Å². The standard InChI is InChI=1S/C12H26N2O2/c1-10(2)11(7-9-16-5)13-8-6-12(15)14(3)4/h10-11,13H,6-9H2,1-5H3. The molecule has 0 saturated carbocycles. The van der Waals surface area contributed by atoms with Gasteiger partial charge in [-0.25, -0.2) is 0 Å². The molecule has 0 saturated heterocycles. The van der Waals surface area contributed by atoms with Gasteiger partial charge in [0.1, 0.15) is 0 Å².